The maximum atomic E-state index is 5.88. The Labute approximate surface area is 122 Å². The Morgan fingerprint density at radius 2 is 2.21 bits per heavy atom. The molecule has 1 aliphatic carbocycles. The van der Waals surface area contributed by atoms with Gasteiger partial charge in [-0.3, -0.25) is 4.90 Å². The van der Waals surface area contributed by atoms with Crippen LogP contribution < -0.4 is 5.32 Å². The SMILES string of the molecule is CCSC1CCC(NCC2CN(C(C)C)CCO2)C1. The van der Waals surface area contributed by atoms with Gasteiger partial charge in [0.15, 0.2) is 0 Å². The third-order valence-corrected chi connectivity index (χ3v) is 5.55. The van der Waals surface area contributed by atoms with Crippen LogP contribution in [0.2, 0.25) is 0 Å². The van der Waals surface area contributed by atoms with Gasteiger partial charge < -0.3 is 10.1 Å². The summed E-state index contributed by atoms with van der Waals surface area (Å²) in [6.45, 7) is 10.9. The lowest BCUT2D eigenvalue weighted by Crippen LogP contribution is -2.50. The molecular weight excluding hydrogens is 256 g/mol. The quantitative estimate of drug-likeness (QED) is 0.810. The van der Waals surface area contributed by atoms with E-state index in [0.717, 1.165) is 37.5 Å². The topological polar surface area (TPSA) is 24.5 Å². The summed E-state index contributed by atoms with van der Waals surface area (Å²) in [7, 11) is 0. The molecule has 2 fully saturated rings. The van der Waals surface area contributed by atoms with Crippen molar-refractivity contribution in [2.45, 2.75) is 63.5 Å². The third-order valence-electron chi connectivity index (χ3n) is 4.32. The van der Waals surface area contributed by atoms with Gasteiger partial charge in [-0.05, 0) is 38.9 Å². The molecule has 0 aromatic rings. The number of thioether (sulfide) groups is 1. The molecule has 1 saturated carbocycles. The van der Waals surface area contributed by atoms with E-state index in [-0.39, 0.29) is 0 Å². The maximum absolute atomic E-state index is 5.88. The van der Waals surface area contributed by atoms with Crippen molar-refractivity contribution in [3.8, 4) is 0 Å². The Kier molecular flexibility index (Phi) is 6.46. The molecular formula is C15H30N2OS. The fourth-order valence-electron chi connectivity index (χ4n) is 3.15. The summed E-state index contributed by atoms with van der Waals surface area (Å²) in [6.07, 6.45) is 4.46. The molecule has 3 atom stereocenters. The number of nitrogens with zero attached hydrogens (tertiary/aromatic N) is 1. The van der Waals surface area contributed by atoms with Crippen LogP contribution in [0, 0.1) is 0 Å². The average Bonchev–Trinajstić information content (AvgIpc) is 2.85. The monoisotopic (exact) mass is 286 g/mol. The van der Waals surface area contributed by atoms with E-state index in [1.807, 2.05) is 0 Å². The van der Waals surface area contributed by atoms with Gasteiger partial charge in [-0.1, -0.05) is 6.92 Å². The zero-order valence-corrected chi connectivity index (χ0v) is 13.5. The molecule has 3 nitrogen and oxygen atoms in total. The molecule has 3 unspecified atom stereocenters. The minimum atomic E-state index is 0.383. The fraction of sp³-hybridized carbons (Fsp3) is 1.00. The van der Waals surface area contributed by atoms with E-state index in [2.05, 4.69) is 42.7 Å². The summed E-state index contributed by atoms with van der Waals surface area (Å²) in [5.41, 5.74) is 0. The van der Waals surface area contributed by atoms with Crippen LogP contribution >= 0.6 is 11.8 Å². The molecule has 0 spiro atoms. The summed E-state index contributed by atoms with van der Waals surface area (Å²) in [5.74, 6) is 1.26. The molecule has 2 aliphatic rings. The number of hydrogen-bond acceptors (Lipinski definition) is 4. The molecule has 1 heterocycles. The minimum Gasteiger partial charge on any atom is -0.374 e. The first-order valence-corrected chi connectivity index (χ1v) is 8.94. The molecule has 1 N–H and O–H groups in total. The Bertz CT molecular complexity index is 263. The minimum absolute atomic E-state index is 0.383. The van der Waals surface area contributed by atoms with E-state index in [9.17, 15) is 0 Å². The molecule has 0 bridgehead atoms. The second kappa shape index (κ2) is 7.87. The maximum Gasteiger partial charge on any atom is 0.0826 e. The summed E-state index contributed by atoms with van der Waals surface area (Å²) in [4.78, 5) is 2.53. The van der Waals surface area contributed by atoms with Gasteiger partial charge >= 0.3 is 0 Å². The van der Waals surface area contributed by atoms with E-state index < -0.39 is 0 Å². The summed E-state index contributed by atoms with van der Waals surface area (Å²) in [6, 6.07) is 1.37. The number of rotatable bonds is 6. The highest BCUT2D eigenvalue weighted by Gasteiger charge is 2.26. The van der Waals surface area contributed by atoms with Gasteiger partial charge in [0.1, 0.15) is 0 Å². The Morgan fingerprint density at radius 1 is 1.37 bits per heavy atom. The van der Waals surface area contributed by atoms with E-state index in [0.29, 0.717) is 12.1 Å². The third kappa shape index (κ3) is 4.92. The molecule has 1 aliphatic heterocycles. The molecule has 0 aromatic heterocycles. The van der Waals surface area contributed by atoms with Crippen LogP contribution in [0.5, 0.6) is 0 Å². The standard InChI is InChI=1S/C15H30N2OS/c1-4-19-15-6-5-13(9-15)16-10-14-11-17(12(2)3)7-8-18-14/h12-16H,4-11H2,1-3H3. The Morgan fingerprint density at radius 3 is 2.95 bits per heavy atom. The van der Waals surface area contributed by atoms with Crippen LogP contribution in [0.3, 0.4) is 0 Å². The largest absolute Gasteiger partial charge is 0.374 e. The summed E-state index contributed by atoms with van der Waals surface area (Å²) >= 11 is 2.13. The number of morpholine rings is 1. The van der Waals surface area contributed by atoms with Crippen molar-refractivity contribution < 1.29 is 4.74 Å². The molecule has 2 rings (SSSR count). The van der Waals surface area contributed by atoms with Crippen molar-refractivity contribution in [3.05, 3.63) is 0 Å². The van der Waals surface area contributed by atoms with Crippen LogP contribution in [0.15, 0.2) is 0 Å². The van der Waals surface area contributed by atoms with Gasteiger partial charge in [0, 0.05) is 37.0 Å². The van der Waals surface area contributed by atoms with Crippen molar-refractivity contribution in [1.82, 2.24) is 10.2 Å². The first kappa shape index (κ1) is 15.6. The molecule has 1 saturated heterocycles. The van der Waals surface area contributed by atoms with E-state index >= 15 is 0 Å². The van der Waals surface area contributed by atoms with Crippen molar-refractivity contribution in [1.29, 1.82) is 0 Å². The first-order chi connectivity index (χ1) is 9.19. The van der Waals surface area contributed by atoms with Crippen LogP contribution in [0.1, 0.15) is 40.0 Å². The van der Waals surface area contributed by atoms with Crippen molar-refractivity contribution in [2.24, 2.45) is 0 Å². The molecule has 19 heavy (non-hydrogen) atoms. The highest BCUT2D eigenvalue weighted by Crippen LogP contribution is 2.29. The smallest absolute Gasteiger partial charge is 0.0826 e. The van der Waals surface area contributed by atoms with Crippen molar-refractivity contribution >= 4 is 11.8 Å². The zero-order valence-electron chi connectivity index (χ0n) is 12.7. The average molecular weight is 286 g/mol. The van der Waals surface area contributed by atoms with Crippen molar-refractivity contribution in [2.75, 3.05) is 32.0 Å². The predicted molar refractivity (Wildman–Crippen MR) is 84.0 cm³/mol. The highest BCUT2D eigenvalue weighted by atomic mass is 32.2. The van der Waals surface area contributed by atoms with Crippen molar-refractivity contribution in [3.63, 3.8) is 0 Å². The number of ether oxygens (including phenoxy) is 1. The fourth-order valence-corrected chi connectivity index (χ4v) is 4.29. The summed E-state index contributed by atoms with van der Waals surface area (Å²) < 4.78 is 5.88. The molecule has 0 aromatic carbocycles. The molecule has 4 heteroatoms. The van der Waals surface area contributed by atoms with Gasteiger partial charge in [0.2, 0.25) is 0 Å². The summed E-state index contributed by atoms with van der Waals surface area (Å²) in [5, 5.41) is 4.62. The van der Waals surface area contributed by atoms with Gasteiger partial charge in [-0.2, -0.15) is 11.8 Å². The van der Waals surface area contributed by atoms with E-state index in [1.54, 1.807) is 0 Å². The lowest BCUT2D eigenvalue weighted by Gasteiger charge is -2.36. The lowest BCUT2D eigenvalue weighted by atomic mass is 10.2. The zero-order chi connectivity index (χ0) is 13.7. The highest BCUT2D eigenvalue weighted by molar-refractivity contribution is 7.99. The van der Waals surface area contributed by atoms with E-state index in [1.165, 1.54) is 25.0 Å². The number of hydrogen-bond donors (Lipinski definition) is 1. The Balaban J connectivity index is 1.65. The Hall–Kier alpha value is 0.230. The van der Waals surface area contributed by atoms with Gasteiger partial charge in [0.05, 0.1) is 12.7 Å². The molecule has 0 amide bonds. The van der Waals surface area contributed by atoms with Gasteiger partial charge in [-0.15, -0.1) is 0 Å². The second-order valence-corrected chi connectivity index (χ2v) is 7.65. The normalized spacial score (nSPS) is 33.2. The predicted octanol–water partition coefficient (Wildman–Crippen LogP) is 2.36. The van der Waals surface area contributed by atoms with Crippen LogP contribution in [0.4, 0.5) is 0 Å². The van der Waals surface area contributed by atoms with Gasteiger partial charge in [0.25, 0.3) is 0 Å². The van der Waals surface area contributed by atoms with Crippen LogP contribution in [0.25, 0.3) is 0 Å². The second-order valence-electron chi connectivity index (χ2n) is 6.08. The lowest BCUT2D eigenvalue weighted by molar-refractivity contribution is -0.0380. The number of nitrogens with one attached hydrogen (secondary N) is 1. The van der Waals surface area contributed by atoms with Gasteiger partial charge in [-0.25, -0.2) is 0 Å². The first-order valence-electron chi connectivity index (χ1n) is 7.89. The van der Waals surface area contributed by atoms with Crippen LogP contribution in [-0.2, 0) is 4.74 Å². The van der Waals surface area contributed by atoms with E-state index in [4.69, 9.17) is 4.74 Å². The van der Waals surface area contributed by atoms with Crippen LogP contribution in [-0.4, -0.2) is 60.3 Å². The molecule has 0 radical (unpaired) electrons. The molecule has 112 valence electrons.